The summed E-state index contributed by atoms with van der Waals surface area (Å²) >= 11 is 1.58. The van der Waals surface area contributed by atoms with Crippen molar-refractivity contribution < 1.29 is 4.79 Å². The van der Waals surface area contributed by atoms with Crippen LogP contribution in [0.3, 0.4) is 0 Å². The number of hydrogen-bond acceptors (Lipinski definition) is 4. The predicted molar refractivity (Wildman–Crippen MR) is 88.4 cm³/mol. The zero-order valence-corrected chi connectivity index (χ0v) is 13.4. The zero-order chi connectivity index (χ0) is 15.2. The molecule has 5 heteroatoms. The van der Waals surface area contributed by atoms with Gasteiger partial charge in [-0.1, -0.05) is 25.7 Å². The van der Waals surface area contributed by atoms with Crippen LogP contribution in [-0.4, -0.2) is 15.9 Å². The molecule has 1 fully saturated rings. The Bertz CT molecular complexity index is 605. The third kappa shape index (κ3) is 4.13. The highest BCUT2D eigenvalue weighted by Crippen LogP contribution is 2.28. The molecule has 0 bridgehead atoms. The summed E-state index contributed by atoms with van der Waals surface area (Å²) < 4.78 is 0. The molecule has 0 unspecified atom stereocenters. The molecule has 1 N–H and O–H groups in total. The molecule has 0 spiro atoms. The van der Waals surface area contributed by atoms with E-state index >= 15 is 0 Å². The molecule has 2 aromatic heterocycles. The Balaban J connectivity index is 1.45. The van der Waals surface area contributed by atoms with Crippen molar-refractivity contribution in [3.05, 3.63) is 34.9 Å². The second kappa shape index (κ2) is 7.49. The summed E-state index contributed by atoms with van der Waals surface area (Å²) in [6.45, 7) is 0.527. The van der Waals surface area contributed by atoms with Crippen LogP contribution in [0.1, 0.15) is 43.5 Å². The lowest BCUT2D eigenvalue weighted by atomic mass is 10.0. The highest BCUT2D eigenvalue weighted by Gasteiger charge is 2.16. The van der Waals surface area contributed by atoms with Gasteiger partial charge in [0.2, 0.25) is 5.91 Å². The maximum absolute atomic E-state index is 11.9. The zero-order valence-electron chi connectivity index (χ0n) is 12.6. The predicted octanol–water partition coefficient (Wildman–Crippen LogP) is 3.79. The molecular weight excluding hydrogens is 294 g/mol. The minimum Gasteiger partial charge on any atom is -0.350 e. The Morgan fingerprint density at radius 2 is 2.05 bits per heavy atom. The van der Waals surface area contributed by atoms with Gasteiger partial charge in [0, 0.05) is 29.8 Å². The quantitative estimate of drug-likeness (QED) is 0.882. The Morgan fingerprint density at radius 3 is 2.82 bits per heavy atom. The van der Waals surface area contributed by atoms with E-state index in [0.29, 0.717) is 13.0 Å². The van der Waals surface area contributed by atoms with E-state index in [4.69, 9.17) is 0 Å². The van der Waals surface area contributed by atoms with Gasteiger partial charge in [0.15, 0.2) is 0 Å². The average molecular weight is 315 g/mol. The lowest BCUT2D eigenvalue weighted by Gasteiger charge is -2.08. The Hall–Kier alpha value is -1.75. The van der Waals surface area contributed by atoms with Crippen LogP contribution in [0.5, 0.6) is 0 Å². The number of nitrogens with one attached hydrogen (secondary N) is 1. The van der Waals surface area contributed by atoms with Crippen LogP contribution < -0.4 is 5.32 Å². The first-order valence-electron chi connectivity index (χ1n) is 7.93. The van der Waals surface area contributed by atoms with E-state index in [-0.39, 0.29) is 5.91 Å². The lowest BCUT2D eigenvalue weighted by Crippen LogP contribution is -2.22. The first-order valence-corrected chi connectivity index (χ1v) is 8.81. The standard InChI is InChI=1S/C17H21N3OS/c21-16(6-5-13-3-1-2-4-13)19-11-17-20-15(12-22-17)14-7-9-18-10-8-14/h7-10,12-13H,1-6,11H2,(H,19,21). The van der Waals surface area contributed by atoms with Crippen LogP contribution in [0.15, 0.2) is 29.9 Å². The topological polar surface area (TPSA) is 54.9 Å². The molecule has 1 aliphatic rings. The molecule has 0 aromatic carbocycles. The van der Waals surface area contributed by atoms with Crippen molar-refractivity contribution in [3.8, 4) is 11.3 Å². The van der Waals surface area contributed by atoms with E-state index in [1.807, 2.05) is 17.5 Å². The second-order valence-corrected chi connectivity index (χ2v) is 6.77. The van der Waals surface area contributed by atoms with Gasteiger partial charge in [0.25, 0.3) is 0 Å². The monoisotopic (exact) mass is 315 g/mol. The van der Waals surface area contributed by atoms with Crippen LogP contribution in [0.2, 0.25) is 0 Å². The number of thiazole rings is 1. The molecule has 1 amide bonds. The third-order valence-electron chi connectivity index (χ3n) is 4.22. The van der Waals surface area contributed by atoms with E-state index in [1.54, 1.807) is 23.7 Å². The minimum absolute atomic E-state index is 0.146. The van der Waals surface area contributed by atoms with Crippen molar-refractivity contribution in [2.75, 3.05) is 0 Å². The molecule has 1 saturated carbocycles. The van der Waals surface area contributed by atoms with Gasteiger partial charge in [-0.2, -0.15) is 0 Å². The Morgan fingerprint density at radius 1 is 1.27 bits per heavy atom. The molecule has 2 aromatic rings. The smallest absolute Gasteiger partial charge is 0.220 e. The molecule has 116 valence electrons. The fourth-order valence-electron chi connectivity index (χ4n) is 2.94. The van der Waals surface area contributed by atoms with Gasteiger partial charge in [-0.05, 0) is 24.5 Å². The van der Waals surface area contributed by atoms with Crippen LogP contribution in [0.25, 0.3) is 11.3 Å². The molecule has 0 radical (unpaired) electrons. The van der Waals surface area contributed by atoms with Gasteiger partial charge >= 0.3 is 0 Å². The summed E-state index contributed by atoms with van der Waals surface area (Å²) in [5, 5.41) is 5.95. The molecule has 0 atom stereocenters. The van der Waals surface area contributed by atoms with Crippen molar-refractivity contribution >= 4 is 17.2 Å². The van der Waals surface area contributed by atoms with Gasteiger partial charge in [-0.3, -0.25) is 9.78 Å². The van der Waals surface area contributed by atoms with Crippen LogP contribution in [-0.2, 0) is 11.3 Å². The summed E-state index contributed by atoms with van der Waals surface area (Å²) in [6, 6.07) is 3.89. The first kappa shape index (κ1) is 15.2. The van der Waals surface area contributed by atoms with E-state index in [2.05, 4.69) is 15.3 Å². The van der Waals surface area contributed by atoms with Gasteiger partial charge in [0.1, 0.15) is 5.01 Å². The third-order valence-corrected chi connectivity index (χ3v) is 5.07. The Labute approximate surface area is 135 Å². The molecule has 2 heterocycles. The molecule has 0 aliphatic heterocycles. The summed E-state index contributed by atoms with van der Waals surface area (Å²) in [5.74, 6) is 0.913. The maximum Gasteiger partial charge on any atom is 0.220 e. The summed E-state index contributed by atoms with van der Waals surface area (Å²) in [5.41, 5.74) is 2.01. The number of carbonyl (C=O) groups excluding carboxylic acids is 1. The minimum atomic E-state index is 0.146. The van der Waals surface area contributed by atoms with Gasteiger partial charge in [0.05, 0.1) is 12.2 Å². The summed E-state index contributed by atoms with van der Waals surface area (Å²) in [7, 11) is 0. The highest BCUT2D eigenvalue weighted by atomic mass is 32.1. The number of hydrogen-bond donors (Lipinski definition) is 1. The highest BCUT2D eigenvalue weighted by molar-refractivity contribution is 7.09. The van der Waals surface area contributed by atoms with Gasteiger partial charge in [-0.15, -0.1) is 11.3 Å². The second-order valence-electron chi connectivity index (χ2n) is 5.83. The largest absolute Gasteiger partial charge is 0.350 e. The molecule has 4 nitrogen and oxygen atoms in total. The number of amides is 1. The summed E-state index contributed by atoms with van der Waals surface area (Å²) in [6.07, 6.45) is 10.5. The number of aromatic nitrogens is 2. The normalized spacial score (nSPS) is 15.1. The van der Waals surface area contributed by atoms with E-state index in [1.165, 1.54) is 25.7 Å². The molecule has 0 saturated heterocycles. The number of nitrogens with zero attached hydrogens (tertiary/aromatic N) is 2. The first-order chi connectivity index (χ1) is 10.8. The number of carbonyl (C=O) groups is 1. The van der Waals surface area contributed by atoms with Crippen molar-refractivity contribution in [2.45, 2.75) is 45.1 Å². The number of pyridine rings is 1. The summed E-state index contributed by atoms with van der Waals surface area (Å²) in [4.78, 5) is 20.5. The molecule has 3 rings (SSSR count). The van der Waals surface area contributed by atoms with Crippen molar-refractivity contribution in [1.82, 2.24) is 15.3 Å². The van der Waals surface area contributed by atoms with Gasteiger partial charge < -0.3 is 5.32 Å². The maximum atomic E-state index is 11.9. The lowest BCUT2D eigenvalue weighted by molar-refractivity contribution is -0.121. The fraction of sp³-hybridized carbons (Fsp3) is 0.471. The van der Waals surface area contributed by atoms with Crippen LogP contribution in [0, 0.1) is 5.92 Å². The molecular formula is C17H21N3OS. The molecule has 1 aliphatic carbocycles. The van der Waals surface area contributed by atoms with Crippen molar-refractivity contribution in [1.29, 1.82) is 0 Å². The number of rotatable bonds is 6. The van der Waals surface area contributed by atoms with Gasteiger partial charge in [-0.25, -0.2) is 4.98 Å². The van der Waals surface area contributed by atoms with Crippen molar-refractivity contribution in [3.63, 3.8) is 0 Å². The van der Waals surface area contributed by atoms with Crippen LogP contribution in [0.4, 0.5) is 0 Å². The van der Waals surface area contributed by atoms with E-state index in [9.17, 15) is 4.79 Å². The SMILES string of the molecule is O=C(CCC1CCCC1)NCc1nc(-c2ccncc2)cs1. The average Bonchev–Trinajstić information content (AvgIpc) is 3.23. The Kier molecular flexibility index (Phi) is 5.16. The van der Waals surface area contributed by atoms with E-state index < -0.39 is 0 Å². The fourth-order valence-corrected chi connectivity index (χ4v) is 3.69. The van der Waals surface area contributed by atoms with E-state index in [0.717, 1.165) is 28.6 Å². The molecule has 22 heavy (non-hydrogen) atoms. The van der Waals surface area contributed by atoms with Crippen LogP contribution >= 0.6 is 11.3 Å². The van der Waals surface area contributed by atoms with Crippen molar-refractivity contribution in [2.24, 2.45) is 5.92 Å².